The van der Waals surface area contributed by atoms with Gasteiger partial charge in [0.2, 0.25) is 5.88 Å². The van der Waals surface area contributed by atoms with Crippen molar-refractivity contribution in [1.82, 2.24) is 4.98 Å². The lowest BCUT2D eigenvalue weighted by molar-refractivity contribution is -0.145. The Balaban J connectivity index is 1.23. The van der Waals surface area contributed by atoms with E-state index < -0.39 is 0 Å². The summed E-state index contributed by atoms with van der Waals surface area (Å²) in [6, 6.07) is 14.2. The summed E-state index contributed by atoms with van der Waals surface area (Å²) in [5, 5.41) is 0. The molecule has 0 radical (unpaired) electrons. The van der Waals surface area contributed by atoms with Crippen LogP contribution in [0.3, 0.4) is 0 Å². The van der Waals surface area contributed by atoms with Crippen LogP contribution in [0.1, 0.15) is 79.0 Å². The van der Waals surface area contributed by atoms with Gasteiger partial charge < -0.3 is 9.47 Å². The van der Waals surface area contributed by atoms with E-state index in [9.17, 15) is 4.79 Å². The van der Waals surface area contributed by atoms with Crippen LogP contribution in [0.2, 0.25) is 0 Å². The molecule has 0 aliphatic heterocycles. The maximum Gasteiger partial charge on any atom is 0.310 e. The maximum atomic E-state index is 15.3. The smallest absolute Gasteiger partial charge is 0.310 e. The van der Waals surface area contributed by atoms with Crippen LogP contribution in [0.25, 0.3) is 0 Å². The zero-order chi connectivity index (χ0) is 26.1. The van der Waals surface area contributed by atoms with E-state index in [4.69, 9.17) is 9.47 Å². The minimum atomic E-state index is -0.232. The highest BCUT2D eigenvalue weighted by Gasteiger charge is 2.70. The summed E-state index contributed by atoms with van der Waals surface area (Å²) >= 11 is 0. The fourth-order valence-corrected chi connectivity index (χ4v) is 7.14. The molecule has 3 aliphatic carbocycles. The third kappa shape index (κ3) is 3.69. The summed E-state index contributed by atoms with van der Waals surface area (Å²) in [5.41, 5.74) is 7.37. The minimum Gasteiger partial charge on any atom is -0.473 e. The Hall–Kier alpha value is -3.21. The molecule has 1 aromatic heterocycles. The number of benzene rings is 2. The van der Waals surface area contributed by atoms with E-state index in [0.717, 1.165) is 29.5 Å². The van der Waals surface area contributed by atoms with Crippen molar-refractivity contribution in [1.29, 1.82) is 0 Å². The highest BCUT2D eigenvalue weighted by Crippen LogP contribution is 2.66. The summed E-state index contributed by atoms with van der Waals surface area (Å²) in [6.45, 7) is 11.0. The van der Waals surface area contributed by atoms with Gasteiger partial charge in [0.25, 0.3) is 0 Å². The van der Waals surface area contributed by atoms with Crippen LogP contribution in [0, 0.1) is 24.6 Å². The van der Waals surface area contributed by atoms with Gasteiger partial charge in [0.05, 0.1) is 12.5 Å². The van der Waals surface area contributed by atoms with Gasteiger partial charge in [-0.15, -0.1) is 0 Å². The number of aryl methyl sites for hydroxylation is 1. The first kappa shape index (κ1) is 24.1. The Bertz CT molecular complexity index is 1410. The number of nitrogens with zero attached hydrogens (tertiary/aromatic N) is 1. The monoisotopic (exact) mass is 499 g/mol. The van der Waals surface area contributed by atoms with Gasteiger partial charge in [-0.25, -0.2) is 9.37 Å². The van der Waals surface area contributed by atoms with Gasteiger partial charge in [-0.3, -0.25) is 4.79 Å². The minimum absolute atomic E-state index is 0.0838. The van der Waals surface area contributed by atoms with Crippen molar-refractivity contribution >= 4 is 5.97 Å². The molecule has 192 valence electrons. The topological polar surface area (TPSA) is 48.4 Å². The van der Waals surface area contributed by atoms with Crippen LogP contribution in [0.15, 0.2) is 48.7 Å². The lowest BCUT2D eigenvalue weighted by Crippen LogP contribution is -2.16. The molecule has 3 aromatic rings. The van der Waals surface area contributed by atoms with Crippen molar-refractivity contribution in [3.8, 4) is 5.88 Å². The lowest BCUT2D eigenvalue weighted by Gasteiger charge is -2.20. The first-order chi connectivity index (χ1) is 17.6. The van der Waals surface area contributed by atoms with Crippen LogP contribution in [-0.2, 0) is 33.4 Å². The fraction of sp³-hybridized carbons (Fsp3) is 0.438. The van der Waals surface area contributed by atoms with Crippen LogP contribution in [0.5, 0.6) is 5.88 Å². The van der Waals surface area contributed by atoms with Gasteiger partial charge in [0.1, 0.15) is 12.4 Å². The average Bonchev–Trinajstić information content (AvgIpc) is 3.21. The number of carbonyl (C=O) groups is 1. The fourth-order valence-electron chi connectivity index (χ4n) is 7.14. The number of halogens is 1. The molecule has 4 atom stereocenters. The predicted molar refractivity (Wildman–Crippen MR) is 140 cm³/mol. The Morgan fingerprint density at radius 3 is 2.65 bits per heavy atom. The SMILES string of the molecule is CCOC(=O)[C@H]1[C@@H]2Cc3cc(OCc4cc5c(cc4F)C(C)(C)CC5c4ccccc4C)ncc3C21C. The molecular weight excluding hydrogens is 465 g/mol. The third-order valence-electron chi connectivity index (χ3n) is 9.21. The zero-order valence-corrected chi connectivity index (χ0v) is 22.2. The Morgan fingerprint density at radius 2 is 1.89 bits per heavy atom. The van der Waals surface area contributed by atoms with Gasteiger partial charge in [0, 0.05) is 29.2 Å². The molecular formula is C32H34FNO3. The number of aromatic nitrogens is 1. The quantitative estimate of drug-likeness (QED) is 0.361. The van der Waals surface area contributed by atoms with Gasteiger partial charge in [-0.1, -0.05) is 45.0 Å². The van der Waals surface area contributed by atoms with Crippen LogP contribution >= 0.6 is 0 Å². The van der Waals surface area contributed by atoms with Crippen LogP contribution < -0.4 is 4.74 Å². The number of rotatable bonds is 6. The molecule has 4 nitrogen and oxygen atoms in total. The summed E-state index contributed by atoms with van der Waals surface area (Å²) in [6.07, 6.45) is 3.60. The van der Waals surface area contributed by atoms with Crippen molar-refractivity contribution in [3.05, 3.63) is 93.4 Å². The van der Waals surface area contributed by atoms with E-state index in [2.05, 4.69) is 56.9 Å². The Labute approximate surface area is 218 Å². The van der Waals surface area contributed by atoms with Crippen molar-refractivity contribution < 1.29 is 18.7 Å². The normalized spacial score (nSPS) is 26.3. The zero-order valence-electron chi connectivity index (χ0n) is 22.2. The maximum absolute atomic E-state index is 15.3. The van der Waals surface area contributed by atoms with Gasteiger partial charge in [-0.05, 0) is 83.5 Å². The molecule has 2 unspecified atom stereocenters. The molecule has 2 aromatic carbocycles. The Kier molecular flexibility index (Phi) is 5.48. The first-order valence-corrected chi connectivity index (χ1v) is 13.3. The second-order valence-corrected chi connectivity index (χ2v) is 11.8. The predicted octanol–water partition coefficient (Wildman–Crippen LogP) is 6.54. The van der Waals surface area contributed by atoms with Crippen molar-refractivity contribution in [2.45, 2.75) is 70.8 Å². The molecule has 1 heterocycles. The van der Waals surface area contributed by atoms with E-state index in [-0.39, 0.29) is 47.0 Å². The molecule has 0 bridgehead atoms. The standard InChI is InChI=1S/C32H34FNO3/c1-6-36-30(35)29-25-12-19-13-28(34-16-26(19)32(25,29)5)37-17-20-11-22-23(21-10-8-7-9-18(21)2)15-31(3,4)24(22)14-27(20)33/h7-11,13-14,16,23,25,29H,6,12,15,17H2,1-5H3/t23?,25-,29+,32?/m0/s1. The average molecular weight is 500 g/mol. The van der Waals surface area contributed by atoms with E-state index in [1.807, 2.05) is 25.3 Å². The molecule has 0 amide bonds. The lowest BCUT2D eigenvalue weighted by atomic mass is 9.84. The molecule has 3 aliphatic rings. The number of pyridine rings is 1. The number of carbonyl (C=O) groups excluding carboxylic acids is 1. The molecule has 0 saturated heterocycles. The van der Waals surface area contributed by atoms with E-state index >= 15 is 4.39 Å². The van der Waals surface area contributed by atoms with E-state index in [1.54, 1.807) is 6.07 Å². The summed E-state index contributed by atoms with van der Waals surface area (Å²) < 4.78 is 26.6. The van der Waals surface area contributed by atoms with Gasteiger partial charge in [-0.2, -0.15) is 0 Å². The number of hydrogen-bond donors (Lipinski definition) is 0. The van der Waals surface area contributed by atoms with E-state index in [1.165, 1.54) is 16.7 Å². The molecule has 6 rings (SSSR count). The number of hydrogen-bond acceptors (Lipinski definition) is 4. The van der Waals surface area contributed by atoms with Crippen molar-refractivity contribution in [2.24, 2.45) is 11.8 Å². The molecule has 0 N–H and O–H groups in total. The molecule has 0 spiro atoms. The number of fused-ring (bicyclic) bond motifs is 4. The van der Waals surface area contributed by atoms with Crippen molar-refractivity contribution in [3.63, 3.8) is 0 Å². The second-order valence-electron chi connectivity index (χ2n) is 11.8. The van der Waals surface area contributed by atoms with Gasteiger partial charge >= 0.3 is 5.97 Å². The first-order valence-electron chi connectivity index (χ1n) is 13.3. The highest BCUT2D eigenvalue weighted by molar-refractivity contribution is 5.81. The van der Waals surface area contributed by atoms with E-state index in [0.29, 0.717) is 18.1 Å². The van der Waals surface area contributed by atoms with Gasteiger partial charge in [0.15, 0.2) is 0 Å². The second kappa shape index (κ2) is 8.41. The number of ether oxygens (including phenoxy) is 2. The molecule has 1 fully saturated rings. The third-order valence-corrected chi connectivity index (χ3v) is 9.21. The highest BCUT2D eigenvalue weighted by atomic mass is 19.1. The number of esters is 1. The van der Waals surface area contributed by atoms with Crippen molar-refractivity contribution in [2.75, 3.05) is 6.61 Å². The molecule has 1 saturated carbocycles. The summed E-state index contributed by atoms with van der Waals surface area (Å²) in [5.74, 6) is 0.564. The summed E-state index contributed by atoms with van der Waals surface area (Å²) in [7, 11) is 0. The summed E-state index contributed by atoms with van der Waals surface area (Å²) in [4.78, 5) is 16.9. The van der Waals surface area contributed by atoms with Crippen LogP contribution in [0.4, 0.5) is 4.39 Å². The molecule has 37 heavy (non-hydrogen) atoms. The van der Waals surface area contributed by atoms with Crippen LogP contribution in [-0.4, -0.2) is 17.6 Å². The molecule has 5 heteroatoms. The largest absolute Gasteiger partial charge is 0.473 e. The Morgan fingerprint density at radius 1 is 1.11 bits per heavy atom.